The standard InChI is InChI=1S/C17H21N3O/c1-17(2)8-4-9-19-15(17)16(21)20-14-6-3-5-12-7-10-18-11-13(12)14/h3,5-7,10-11,15,19H,4,8-9H2,1-2H3,(H,20,21). The van der Waals surface area contributed by atoms with E-state index in [1.54, 1.807) is 12.4 Å². The van der Waals surface area contributed by atoms with E-state index in [0.717, 1.165) is 35.8 Å². The number of amides is 1. The van der Waals surface area contributed by atoms with Crippen LogP contribution in [0.5, 0.6) is 0 Å². The van der Waals surface area contributed by atoms with Crippen molar-refractivity contribution in [2.75, 3.05) is 11.9 Å². The van der Waals surface area contributed by atoms with E-state index in [-0.39, 0.29) is 17.4 Å². The Morgan fingerprint density at radius 3 is 3.05 bits per heavy atom. The van der Waals surface area contributed by atoms with Crippen molar-refractivity contribution in [1.82, 2.24) is 10.3 Å². The molecule has 110 valence electrons. The second-order valence-electron chi connectivity index (χ2n) is 6.37. The molecule has 4 nitrogen and oxygen atoms in total. The minimum atomic E-state index is -0.154. The highest BCUT2D eigenvalue weighted by molar-refractivity contribution is 6.03. The summed E-state index contributed by atoms with van der Waals surface area (Å²) >= 11 is 0. The SMILES string of the molecule is CC1(C)CCCNC1C(=O)Nc1cccc2ccncc12. The average molecular weight is 283 g/mol. The third-order valence-electron chi connectivity index (χ3n) is 4.33. The quantitative estimate of drug-likeness (QED) is 0.891. The molecule has 2 heterocycles. The van der Waals surface area contributed by atoms with Gasteiger partial charge < -0.3 is 10.6 Å². The van der Waals surface area contributed by atoms with Crippen molar-refractivity contribution >= 4 is 22.4 Å². The number of aromatic nitrogens is 1. The third kappa shape index (κ3) is 2.76. The van der Waals surface area contributed by atoms with Crippen LogP contribution in [-0.4, -0.2) is 23.5 Å². The average Bonchev–Trinajstić information content (AvgIpc) is 2.47. The molecule has 2 N–H and O–H groups in total. The first-order valence-electron chi connectivity index (χ1n) is 7.45. The van der Waals surface area contributed by atoms with Crippen LogP contribution in [0.15, 0.2) is 36.7 Å². The summed E-state index contributed by atoms with van der Waals surface area (Å²) in [6.45, 7) is 5.20. The van der Waals surface area contributed by atoms with E-state index in [4.69, 9.17) is 0 Å². The Morgan fingerprint density at radius 2 is 2.24 bits per heavy atom. The zero-order valence-electron chi connectivity index (χ0n) is 12.5. The van der Waals surface area contributed by atoms with Crippen LogP contribution in [-0.2, 0) is 4.79 Å². The van der Waals surface area contributed by atoms with Gasteiger partial charge in [-0.1, -0.05) is 26.0 Å². The highest BCUT2D eigenvalue weighted by atomic mass is 16.2. The lowest BCUT2D eigenvalue weighted by molar-refractivity contribution is -0.121. The Labute approximate surface area is 125 Å². The Balaban J connectivity index is 1.86. The van der Waals surface area contributed by atoms with Gasteiger partial charge >= 0.3 is 0 Å². The fourth-order valence-electron chi connectivity index (χ4n) is 3.09. The van der Waals surface area contributed by atoms with E-state index >= 15 is 0 Å². The van der Waals surface area contributed by atoms with Crippen molar-refractivity contribution < 1.29 is 4.79 Å². The number of carbonyl (C=O) groups is 1. The summed E-state index contributed by atoms with van der Waals surface area (Å²) in [5.41, 5.74) is 0.805. The molecule has 1 unspecified atom stereocenters. The molecule has 0 saturated carbocycles. The van der Waals surface area contributed by atoms with Crippen LogP contribution in [0.4, 0.5) is 5.69 Å². The van der Waals surface area contributed by atoms with Crippen LogP contribution in [0, 0.1) is 5.41 Å². The normalized spacial score (nSPS) is 21.1. The number of hydrogen-bond acceptors (Lipinski definition) is 3. The molecule has 0 radical (unpaired) electrons. The summed E-state index contributed by atoms with van der Waals surface area (Å²) in [5.74, 6) is 0.0380. The number of carbonyl (C=O) groups excluding carboxylic acids is 1. The van der Waals surface area contributed by atoms with Crippen molar-refractivity contribution in [3.05, 3.63) is 36.7 Å². The molecular formula is C17H21N3O. The van der Waals surface area contributed by atoms with Crippen LogP contribution in [0.3, 0.4) is 0 Å². The summed E-state index contributed by atoms with van der Waals surface area (Å²) in [6, 6.07) is 7.71. The Bertz CT molecular complexity index is 661. The number of nitrogens with zero attached hydrogens (tertiary/aromatic N) is 1. The van der Waals surface area contributed by atoms with E-state index in [9.17, 15) is 4.79 Å². The molecule has 1 atom stereocenters. The van der Waals surface area contributed by atoms with Crippen molar-refractivity contribution in [3.63, 3.8) is 0 Å². The molecule has 1 aromatic carbocycles. The minimum absolute atomic E-state index is 0.0227. The third-order valence-corrected chi connectivity index (χ3v) is 4.33. The van der Waals surface area contributed by atoms with Gasteiger partial charge in [0.25, 0.3) is 0 Å². The highest BCUT2D eigenvalue weighted by Gasteiger charge is 2.37. The topological polar surface area (TPSA) is 54.0 Å². The number of piperidine rings is 1. The fraction of sp³-hybridized carbons (Fsp3) is 0.412. The first-order chi connectivity index (χ1) is 10.1. The van der Waals surface area contributed by atoms with Gasteiger partial charge in [-0.2, -0.15) is 0 Å². The molecular weight excluding hydrogens is 262 g/mol. The van der Waals surface area contributed by atoms with Gasteiger partial charge in [0.2, 0.25) is 5.91 Å². The van der Waals surface area contributed by atoms with Crippen LogP contribution in [0.1, 0.15) is 26.7 Å². The largest absolute Gasteiger partial charge is 0.324 e. The van der Waals surface area contributed by atoms with E-state index in [2.05, 4.69) is 29.5 Å². The molecule has 0 spiro atoms. The Hall–Kier alpha value is -1.94. The molecule has 1 aliphatic heterocycles. The predicted octanol–water partition coefficient (Wildman–Crippen LogP) is 2.95. The van der Waals surface area contributed by atoms with Gasteiger partial charge in [-0.15, -0.1) is 0 Å². The van der Waals surface area contributed by atoms with Crippen LogP contribution in [0.25, 0.3) is 10.8 Å². The number of rotatable bonds is 2. The lowest BCUT2D eigenvalue weighted by Crippen LogP contribution is -2.53. The molecule has 1 fully saturated rings. The molecule has 3 rings (SSSR count). The molecule has 1 aliphatic rings. The number of pyridine rings is 1. The second kappa shape index (κ2) is 5.45. The van der Waals surface area contributed by atoms with Gasteiger partial charge in [-0.05, 0) is 42.3 Å². The fourth-order valence-corrected chi connectivity index (χ4v) is 3.09. The zero-order chi connectivity index (χ0) is 14.9. The van der Waals surface area contributed by atoms with Crippen molar-refractivity contribution in [2.45, 2.75) is 32.7 Å². The first kappa shape index (κ1) is 14.0. The van der Waals surface area contributed by atoms with E-state index < -0.39 is 0 Å². The summed E-state index contributed by atoms with van der Waals surface area (Å²) in [6.07, 6.45) is 5.74. The number of benzene rings is 1. The van der Waals surface area contributed by atoms with Crippen molar-refractivity contribution in [1.29, 1.82) is 0 Å². The first-order valence-corrected chi connectivity index (χ1v) is 7.45. The molecule has 4 heteroatoms. The van der Waals surface area contributed by atoms with Gasteiger partial charge in [0, 0.05) is 17.8 Å². The molecule has 2 aromatic rings. The summed E-state index contributed by atoms with van der Waals surface area (Å²) in [5, 5.41) is 8.47. The second-order valence-corrected chi connectivity index (χ2v) is 6.37. The van der Waals surface area contributed by atoms with Gasteiger partial charge in [0.05, 0.1) is 11.7 Å². The Kier molecular flexibility index (Phi) is 3.64. The molecule has 21 heavy (non-hydrogen) atoms. The number of hydrogen-bond donors (Lipinski definition) is 2. The molecule has 1 aromatic heterocycles. The molecule has 0 bridgehead atoms. The monoisotopic (exact) mass is 283 g/mol. The predicted molar refractivity (Wildman–Crippen MR) is 85.2 cm³/mol. The Morgan fingerprint density at radius 1 is 1.38 bits per heavy atom. The number of anilines is 1. The summed E-state index contributed by atoms with van der Waals surface area (Å²) in [4.78, 5) is 16.8. The van der Waals surface area contributed by atoms with Crippen molar-refractivity contribution in [2.24, 2.45) is 5.41 Å². The van der Waals surface area contributed by atoms with Gasteiger partial charge in [-0.3, -0.25) is 9.78 Å². The summed E-state index contributed by atoms with van der Waals surface area (Å²) < 4.78 is 0. The van der Waals surface area contributed by atoms with Crippen LogP contribution in [0.2, 0.25) is 0 Å². The lowest BCUT2D eigenvalue weighted by Gasteiger charge is -2.38. The maximum atomic E-state index is 12.6. The van der Waals surface area contributed by atoms with Gasteiger partial charge in [0.15, 0.2) is 0 Å². The smallest absolute Gasteiger partial charge is 0.242 e. The van der Waals surface area contributed by atoms with Crippen LogP contribution < -0.4 is 10.6 Å². The van der Waals surface area contributed by atoms with Gasteiger partial charge in [0.1, 0.15) is 0 Å². The number of nitrogens with one attached hydrogen (secondary N) is 2. The van der Waals surface area contributed by atoms with E-state index in [1.807, 2.05) is 24.3 Å². The molecule has 1 amide bonds. The highest BCUT2D eigenvalue weighted by Crippen LogP contribution is 2.31. The summed E-state index contributed by atoms with van der Waals surface area (Å²) in [7, 11) is 0. The van der Waals surface area contributed by atoms with Crippen LogP contribution >= 0.6 is 0 Å². The maximum absolute atomic E-state index is 12.6. The molecule has 1 saturated heterocycles. The van der Waals surface area contributed by atoms with E-state index in [0.29, 0.717) is 0 Å². The maximum Gasteiger partial charge on any atom is 0.242 e. The van der Waals surface area contributed by atoms with Crippen molar-refractivity contribution in [3.8, 4) is 0 Å². The number of fused-ring (bicyclic) bond motifs is 1. The van der Waals surface area contributed by atoms with E-state index in [1.165, 1.54) is 0 Å². The minimum Gasteiger partial charge on any atom is -0.324 e. The van der Waals surface area contributed by atoms with Gasteiger partial charge in [-0.25, -0.2) is 0 Å². The lowest BCUT2D eigenvalue weighted by atomic mass is 9.77. The zero-order valence-corrected chi connectivity index (χ0v) is 12.5. The molecule has 0 aliphatic carbocycles.